The lowest BCUT2D eigenvalue weighted by Gasteiger charge is -2.36. The van der Waals surface area contributed by atoms with E-state index in [1.54, 1.807) is 12.0 Å². The van der Waals surface area contributed by atoms with Crippen molar-refractivity contribution in [2.45, 2.75) is 25.4 Å². The van der Waals surface area contributed by atoms with Crippen molar-refractivity contribution < 1.29 is 14.3 Å². The van der Waals surface area contributed by atoms with E-state index in [4.69, 9.17) is 4.74 Å². The van der Waals surface area contributed by atoms with Crippen molar-refractivity contribution >= 4 is 11.8 Å². The van der Waals surface area contributed by atoms with E-state index in [0.717, 1.165) is 23.1 Å². The van der Waals surface area contributed by atoms with Crippen LogP contribution in [0.3, 0.4) is 0 Å². The van der Waals surface area contributed by atoms with Gasteiger partial charge < -0.3 is 15.0 Å². The first-order valence-electron chi connectivity index (χ1n) is 8.88. The lowest BCUT2D eigenvalue weighted by atomic mass is 9.91. The van der Waals surface area contributed by atoms with Gasteiger partial charge in [0.1, 0.15) is 6.04 Å². The molecule has 0 spiro atoms. The summed E-state index contributed by atoms with van der Waals surface area (Å²) in [6.07, 6.45) is 1.07. The summed E-state index contributed by atoms with van der Waals surface area (Å²) in [6, 6.07) is 16.9. The largest absolute Gasteiger partial charge is 0.385 e. The summed E-state index contributed by atoms with van der Waals surface area (Å²) in [7, 11) is 1.64. The van der Waals surface area contributed by atoms with Gasteiger partial charge in [-0.2, -0.15) is 0 Å². The molecule has 0 radical (unpaired) electrons. The van der Waals surface area contributed by atoms with Crippen LogP contribution in [0.25, 0.3) is 0 Å². The molecule has 2 aromatic rings. The fraction of sp³-hybridized carbons (Fsp3) is 0.333. The number of fused-ring (bicyclic) bond motifs is 1. The van der Waals surface area contributed by atoms with Crippen LogP contribution in [0.1, 0.15) is 29.2 Å². The van der Waals surface area contributed by atoms with Crippen LogP contribution in [0.15, 0.2) is 54.6 Å². The van der Waals surface area contributed by atoms with E-state index in [1.807, 2.05) is 54.6 Å². The fourth-order valence-electron chi connectivity index (χ4n) is 3.31. The third-order valence-electron chi connectivity index (χ3n) is 4.59. The van der Waals surface area contributed by atoms with Crippen LogP contribution in [0.4, 0.5) is 0 Å². The number of ether oxygens (including phenoxy) is 1. The van der Waals surface area contributed by atoms with E-state index >= 15 is 0 Å². The van der Waals surface area contributed by atoms with Gasteiger partial charge in [-0.3, -0.25) is 9.59 Å². The molecule has 0 aliphatic carbocycles. The molecule has 1 heterocycles. The number of hydrogen-bond acceptors (Lipinski definition) is 3. The minimum atomic E-state index is -0.602. The second-order valence-corrected chi connectivity index (χ2v) is 6.42. The standard InChI is InChI=1S/C21H24N2O3/c1-26-13-7-12-22-21(25)20-18-11-6-5-10-17(18)14-19(24)23(20)15-16-8-3-2-4-9-16/h2-6,8-11,20H,7,12-15H2,1H3,(H,22,25)/t20-/m0/s1. The zero-order valence-corrected chi connectivity index (χ0v) is 15.0. The lowest BCUT2D eigenvalue weighted by Crippen LogP contribution is -2.47. The summed E-state index contributed by atoms with van der Waals surface area (Å²) >= 11 is 0. The van der Waals surface area contributed by atoms with Crippen LogP contribution in [0.5, 0.6) is 0 Å². The maximum atomic E-state index is 12.9. The minimum Gasteiger partial charge on any atom is -0.385 e. The van der Waals surface area contributed by atoms with E-state index in [-0.39, 0.29) is 11.8 Å². The molecule has 5 nitrogen and oxygen atoms in total. The molecule has 1 aliphatic rings. The van der Waals surface area contributed by atoms with E-state index < -0.39 is 6.04 Å². The molecule has 5 heteroatoms. The lowest BCUT2D eigenvalue weighted by molar-refractivity contribution is -0.142. The predicted octanol–water partition coefficient (Wildman–Crippen LogP) is 2.47. The zero-order valence-electron chi connectivity index (χ0n) is 15.0. The Bertz CT molecular complexity index is 761. The number of carbonyl (C=O) groups excluding carboxylic acids is 2. The van der Waals surface area contributed by atoms with Crippen molar-refractivity contribution in [1.29, 1.82) is 0 Å². The number of methoxy groups -OCH3 is 1. The van der Waals surface area contributed by atoms with Crippen LogP contribution in [-0.2, 0) is 27.3 Å². The molecule has 0 fully saturated rings. The van der Waals surface area contributed by atoms with Gasteiger partial charge in [0, 0.05) is 26.8 Å². The molecule has 1 atom stereocenters. The third-order valence-corrected chi connectivity index (χ3v) is 4.59. The van der Waals surface area contributed by atoms with Crippen LogP contribution >= 0.6 is 0 Å². The Kier molecular flexibility index (Phi) is 6.02. The van der Waals surface area contributed by atoms with Gasteiger partial charge in [-0.1, -0.05) is 54.6 Å². The maximum Gasteiger partial charge on any atom is 0.247 e. The Morgan fingerprint density at radius 3 is 2.65 bits per heavy atom. The van der Waals surface area contributed by atoms with E-state index in [0.29, 0.717) is 26.1 Å². The van der Waals surface area contributed by atoms with E-state index in [1.165, 1.54) is 0 Å². The molecule has 1 N–H and O–H groups in total. The predicted molar refractivity (Wildman–Crippen MR) is 99.4 cm³/mol. The molecular weight excluding hydrogens is 328 g/mol. The van der Waals surface area contributed by atoms with Crippen molar-refractivity contribution in [3.8, 4) is 0 Å². The molecule has 136 valence electrons. The Balaban J connectivity index is 1.85. The summed E-state index contributed by atoms with van der Waals surface area (Å²) in [6.45, 7) is 1.54. The Hall–Kier alpha value is -2.66. The number of carbonyl (C=O) groups is 2. The Labute approximate surface area is 154 Å². The topological polar surface area (TPSA) is 58.6 Å². The molecule has 0 aromatic heterocycles. The van der Waals surface area contributed by atoms with Crippen molar-refractivity contribution in [3.05, 3.63) is 71.3 Å². The van der Waals surface area contributed by atoms with Crippen LogP contribution in [0, 0.1) is 0 Å². The first-order valence-corrected chi connectivity index (χ1v) is 8.88. The molecule has 0 saturated heterocycles. The Morgan fingerprint density at radius 1 is 1.15 bits per heavy atom. The van der Waals surface area contributed by atoms with Crippen molar-refractivity contribution in [1.82, 2.24) is 10.2 Å². The quantitative estimate of drug-likeness (QED) is 0.779. The first kappa shape index (κ1) is 18.1. The fourth-order valence-corrected chi connectivity index (χ4v) is 3.31. The smallest absolute Gasteiger partial charge is 0.247 e. The van der Waals surface area contributed by atoms with E-state index in [2.05, 4.69) is 5.32 Å². The van der Waals surface area contributed by atoms with Gasteiger partial charge in [0.05, 0.1) is 6.42 Å². The van der Waals surface area contributed by atoms with Gasteiger partial charge in [0.15, 0.2) is 0 Å². The molecule has 0 bridgehead atoms. The normalized spacial score (nSPS) is 16.3. The molecule has 0 unspecified atom stereocenters. The highest BCUT2D eigenvalue weighted by atomic mass is 16.5. The highest BCUT2D eigenvalue weighted by molar-refractivity contribution is 5.92. The van der Waals surface area contributed by atoms with Crippen molar-refractivity contribution in [2.75, 3.05) is 20.3 Å². The van der Waals surface area contributed by atoms with Crippen molar-refractivity contribution in [3.63, 3.8) is 0 Å². The average molecular weight is 352 g/mol. The van der Waals surface area contributed by atoms with E-state index in [9.17, 15) is 9.59 Å². The minimum absolute atomic E-state index is 0.0235. The van der Waals surface area contributed by atoms with Gasteiger partial charge in [-0.05, 0) is 23.1 Å². The third kappa shape index (κ3) is 4.11. The number of nitrogens with zero attached hydrogens (tertiary/aromatic N) is 1. The average Bonchev–Trinajstić information content (AvgIpc) is 2.66. The molecule has 3 rings (SSSR count). The summed E-state index contributed by atoms with van der Waals surface area (Å²) in [5, 5.41) is 2.95. The molecule has 2 amide bonds. The summed E-state index contributed by atoms with van der Waals surface area (Å²) in [5.41, 5.74) is 2.85. The molecule has 1 aliphatic heterocycles. The Morgan fingerprint density at radius 2 is 1.88 bits per heavy atom. The summed E-state index contributed by atoms with van der Waals surface area (Å²) < 4.78 is 5.03. The van der Waals surface area contributed by atoms with Gasteiger partial charge in [-0.15, -0.1) is 0 Å². The number of amides is 2. The molecular formula is C21H24N2O3. The van der Waals surface area contributed by atoms with Gasteiger partial charge >= 0.3 is 0 Å². The second kappa shape index (κ2) is 8.63. The zero-order chi connectivity index (χ0) is 18.4. The number of nitrogens with one attached hydrogen (secondary N) is 1. The SMILES string of the molecule is COCCCNC(=O)[C@@H]1c2ccccc2CC(=O)N1Cc1ccccc1. The van der Waals surface area contributed by atoms with Crippen LogP contribution < -0.4 is 5.32 Å². The van der Waals surface area contributed by atoms with Gasteiger partial charge in [0.25, 0.3) is 0 Å². The molecule has 0 saturated carbocycles. The van der Waals surface area contributed by atoms with Crippen molar-refractivity contribution in [2.24, 2.45) is 0 Å². The van der Waals surface area contributed by atoms with Gasteiger partial charge in [0.2, 0.25) is 11.8 Å². The molecule has 2 aromatic carbocycles. The maximum absolute atomic E-state index is 12.9. The highest BCUT2D eigenvalue weighted by Gasteiger charge is 2.36. The summed E-state index contributed by atoms with van der Waals surface area (Å²) in [4.78, 5) is 27.4. The van der Waals surface area contributed by atoms with Gasteiger partial charge in [-0.25, -0.2) is 0 Å². The number of hydrogen-bond donors (Lipinski definition) is 1. The summed E-state index contributed by atoms with van der Waals surface area (Å²) in [5.74, 6) is -0.165. The molecule has 26 heavy (non-hydrogen) atoms. The van der Waals surface area contributed by atoms with Crippen LogP contribution in [0.2, 0.25) is 0 Å². The monoisotopic (exact) mass is 352 g/mol. The highest BCUT2D eigenvalue weighted by Crippen LogP contribution is 2.32. The second-order valence-electron chi connectivity index (χ2n) is 6.42. The number of rotatable bonds is 7. The van der Waals surface area contributed by atoms with Crippen LogP contribution in [-0.4, -0.2) is 37.0 Å². The number of benzene rings is 2. The first-order chi connectivity index (χ1) is 12.7.